The second-order valence-corrected chi connectivity index (χ2v) is 3.85. The third kappa shape index (κ3) is 2.49. The van der Waals surface area contributed by atoms with E-state index in [-0.39, 0.29) is 11.3 Å². The van der Waals surface area contributed by atoms with Crippen LogP contribution in [0.3, 0.4) is 0 Å². The zero-order valence-electron chi connectivity index (χ0n) is 9.69. The fourth-order valence-corrected chi connectivity index (χ4v) is 1.72. The lowest BCUT2D eigenvalue weighted by atomic mass is 10.0. The first-order chi connectivity index (χ1) is 8.82. The quantitative estimate of drug-likeness (QED) is 0.900. The van der Waals surface area contributed by atoms with E-state index in [1.54, 1.807) is 0 Å². The molecule has 1 N–H and O–H groups in total. The minimum Gasteiger partial charge on any atom is -0.497 e. The van der Waals surface area contributed by atoms with Gasteiger partial charge >= 0.3 is 12.1 Å². The molecule has 0 saturated heterocycles. The van der Waals surface area contributed by atoms with Crippen molar-refractivity contribution in [2.45, 2.75) is 12.3 Å². The molecule has 0 aromatic heterocycles. The van der Waals surface area contributed by atoms with Crippen molar-refractivity contribution in [3.8, 4) is 11.5 Å². The molecular weight excluding hydrogens is 265 g/mol. The van der Waals surface area contributed by atoms with Crippen LogP contribution in [0.15, 0.2) is 23.8 Å². The Hall–Kier alpha value is -2.18. The van der Waals surface area contributed by atoms with E-state index in [1.165, 1.54) is 25.3 Å². The van der Waals surface area contributed by atoms with Crippen LogP contribution in [0.25, 0.3) is 6.08 Å². The Bertz CT molecular complexity index is 548. The molecule has 0 amide bonds. The molecule has 0 saturated carbocycles. The minimum absolute atomic E-state index is 0.0341. The van der Waals surface area contributed by atoms with Crippen molar-refractivity contribution in [2.24, 2.45) is 0 Å². The van der Waals surface area contributed by atoms with Crippen molar-refractivity contribution in [2.75, 3.05) is 7.11 Å². The van der Waals surface area contributed by atoms with E-state index in [0.29, 0.717) is 5.75 Å². The van der Waals surface area contributed by atoms with E-state index in [2.05, 4.69) is 0 Å². The number of aliphatic carboxylic acids is 1. The molecule has 0 spiro atoms. The standard InChI is InChI=1S/C12H9F3O4/c1-18-7-2-3-9-6(4-7)5-8(11(16)17)10(19-9)12(13,14)15/h2-5,10H,1H3,(H,16,17). The summed E-state index contributed by atoms with van der Waals surface area (Å²) in [4.78, 5) is 10.9. The van der Waals surface area contributed by atoms with Crippen LogP contribution in [0.5, 0.6) is 11.5 Å². The lowest BCUT2D eigenvalue weighted by Crippen LogP contribution is -2.40. The molecule has 0 radical (unpaired) electrons. The highest BCUT2D eigenvalue weighted by molar-refractivity contribution is 5.95. The molecule has 1 heterocycles. The summed E-state index contributed by atoms with van der Waals surface area (Å²) in [6, 6.07) is 4.15. The van der Waals surface area contributed by atoms with Crippen LogP contribution >= 0.6 is 0 Å². The fraction of sp³-hybridized carbons (Fsp3) is 0.250. The van der Waals surface area contributed by atoms with Gasteiger partial charge in [-0.3, -0.25) is 0 Å². The molecule has 1 aliphatic rings. The summed E-state index contributed by atoms with van der Waals surface area (Å²) in [5, 5.41) is 8.84. The molecule has 1 aromatic rings. The van der Waals surface area contributed by atoms with Crippen molar-refractivity contribution < 1.29 is 32.5 Å². The van der Waals surface area contributed by atoms with Crippen LogP contribution in [-0.2, 0) is 4.79 Å². The molecule has 1 atom stereocenters. The van der Waals surface area contributed by atoms with E-state index in [1.807, 2.05) is 0 Å². The molecule has 1 aliphatic heterocycles. The second kappa shape index (κ2) is 4.49. The fourth-order valence-electron chi connectivity index (χ4n) is 1.72. The van der Waals surface area contributed by atoms with E-state index in [0.717, 1.165) is 6.08 Å². The topological polar surface area (TPSA) is 55.8 Å². The zero-order chi connectivity index (χ0) is 14.2. The van der Waals surface area contributed by atoms with Gasteiger partial charge in [0.1, 0.15) is 11.5 Å². The van der Waals surface area contributed by atoms with Crippen LogP contribution in [-0.4, -0.2) is 30.5 Å². The number of alkyl halides is 3. The van der Waals surface area contributed by atoms with Gasteiger partial charge in [0.05, 0.1) is 12.7 Å². The number of carboxylic acids is 1. The summed E-state index contributed by atoms with van der Waals surface area (Å²) >= 11 is 0. The van der Waals surface area contributed by atoms with Crippen LogP contribution in [0, 0.1) is 0 Å². The van der Waals surface area contributed by atoms with Gasteiger partial charge in [-0.1, -0.05) is 0 Å². The summed E-state index contributed by atoms with van der Waals surface area (Å²) < 4.78 is 47.9. The summed E-state index contributed by atoms with van der Waals surface area (Å²) in [7, 11) is 1.39. The number of rotatable bonds is 2. The number of hydrogen-bond donors (Lipinski definition) is 1. The first kappa shape index (κ1) is 13.3. The summed E-state index contributed by atoms with van der Waals surface area (Å²) in [6.07, 6.45) is -6.31. The molecule has 0 fully saturated rings. The molecule has 1 unspecified atom stereocenters. The number of carboxylic acid groups (broad SMARTS) is 1. The Morgan fingerprint density at radius 1 is 1.42 bits per heavy atom. The molecule has 2 rings (SSSR count). The number of carbonyl (C=O) groups is 1. The smallest absolute Gasteiger partial charge is 0.430 e. The molecule has 0 aliphatic carbocycles. The van der Waals surface area contributed by atoms with Gasteiger partial charge in [-0.05, 0) is 24.3 Å². The lowest BCUT2D eigenvalue weighted by Gasteiger charge is -2.27. The van der Waals surface area contributed by atoms with Crippen molar-refractivity contribution >= 4 is 12.0 Å². The number of ether oxygens (including phenoxy) is 2. The normalized spacial score (nSPS) is 18.1. The Morgan fingerprint density at radius 2 is 2.11 bits per heavy atom. The molecular formula is C12H9F3O4. The van der Waals surface area contributed by atoms with E-state index >= 15 is 0 Å². The van der Waals surface area contributed by atoms with Gasteiger partial charge < -0.3 is 14.6 Å². The average Bonchev–Trinajstić information content (AvgIpc) is 2.35. The van der Waals surface area contributed by atoms with Crippen molar-refractivity contribution in [3.05, 3.63) is 29.3 Å². The van der Waals surface area contributed by atoms with Gasteiger partial charge in [0.25, 0.3) is 0 Å². The third-order valence-electron chi connectivity index (χ3n) is 2.60. The average molecular weight is 274 g/mol. The van der Waals surface area contributed by atoms with Gasteiger partial charge in [-0.15, -0.1) is 0 Å². The third-order valence-corrected chi connectivity index (χ3v) is 2.60. The zero-order valence-corrected chi connectivity index (χ0v) is 9.69. The first-order valence-corrected chi connectivity index (χ1v) is 5.19. The SMILES string of the molecule is COc1ccc2c(c1)C=C(C(=O)O)C(C(F)(F)F)O2. The first-order valence-electron chi connectivity index (χ1n) is 5.19. The van der Waals surface area contributed by atoms with Crippen LogP contribution in [0.4, 0.5) is 13.2 Å². The highest BCUT2D eigenvalue weighted by Gasteiger charge is 2.48. The maximum Gasteiger partial charge on any atom is 0.430 e. The molecule has 0 bridgehead atoms. The summed E-state index contributed by atoms with van der Waals surface area (Å²) in [6.45, 7) is 0. The van der Waals surface area contributed by atoms with Crippen LogP contribution in [0.2, 0.25) is 0 Å². The highest BCUT2D eigenvalue weighted by atomic mass is 19.4. The van der Waals surface area contributed by atoms with Crippen molar-refractivity contribution in [3.63, 3.8) is 0 Å². The molecule has 102 valence electrons. The van der Waals surface area contributed by atoms with Gasteiger partial charge in [-0.2, -0.15) is 13.2 Å². The van der Waals surface area contributed by atoms with Crippen LogP contribution in [0.1, 0.15) is 5.56 Å². The molecule has 19 heavy (non-hydrogen) atoms. The number of methoxy groups -OCH3 is 1. The lowest BCUT2D eigenvalue weighted by molar-refractivity contribution is -0.187. The molecule has 4 nitrogen and oxygen atoms in total. The maximum absolute atomic E-state index is 12.7. The van der Waals surface area contributed by atoms with E-state index in [9.17, 15) is 18.0 Å². The van der Waals surface area contributed by atoms with Crippen molar-refractivity contribution in [1.29, 1.82) is 0 Å². The van der Waals surface area contributed by atoms with Gasteiger partial charge in [0, 0.05) is 5.56 Å². The number of halogens is 3. The second-order valence-electron chi connectivity index (χ2n) is 3.85. The predicted molar refractivity (Wildman–Crippen MR) is 59.1 cm³/mol. The molecule has 1 aromatic carbocycles. The maximum atomic E-state index is 12.7. The monoisotopic (exact) mass is 274 g/mol. The molecule has 7 heteroatoms. The Morgan fingerprint density at radius 3 is 2.63 bits per heavy atom. The minimum atomic E-state index is -4.79. The van der Waals surface area contributed by atoms with Crippen LogP contribution < -0.4 is 9.47 Å². The Kier molecular flexibility index (Phi) is 3.13. The number of hydrogen-bond acceptors (Lipinski definition) is 3. The van der Waals surface area contributed by atoms with Gasteiger partial charge in [0.2, 0.25) is 6.10 Å². The van der Waals surface area contributed by atoms with Gasteiger partial charge in [0.15, 0.2) is 0 Å². The van der Waals surface area contributed by atoms with E-state index in [4.69, 9.17) is 14.6 Å². The Balaban J connectivity index is 2.51. The van der Waals surface area contributed by atoms with Crippen molar-refractivity contribution in [1.82, 2.24) is 0 Å². The number of benzene rings is 1. The number of fused-ring (bicyclic) bond motifs is 1. The Labute approximate surface area is 106 Å². The van der Waals surface area contributed by atoms with Gasteiger partial charge in [-0.25, -0.2) is 4.79 Å². The summed E-state index contributed by atoms with van der Waals surface area (Å²) in [5.74, 6) is -1.31. The highest BCUT2D eigenvalue weighted by Crippen LogP contribution is 2.38. The largest absolute Gasteiger partial charge is 0.497 e. The summed E-state index contributed by atoms with van der Waals surface area (Å²) in [5.41, 5.74) is -0.620. The van der Waals surface area contributed by atoms with E-state index < -0.39 is 23.8 Å². The predicted octanol–water partition coefficient (Wildman–Crippen LogP) is 2.49.